The molecule has 0 aromatic heterocycles. The summed E-state index contributed by atoms with van der Waals surface area (Å²) in [5.41, 5.74) is 3.36. The van der Waals surface area contributed by atoms with Crippen LogP contribution >= 0.6 is 0 Å². The number of ketones is 1. The molecule has 130 valence electrons. The molecule has 1 aliphatic carbocycles. The van der Waals surface area contributed by atoms with E-state index in [1.807, 2.05) is 12.1 Å². The molecule has 2 aromatic carbocycles. The highest BCUT2D eigenvalue weighted by Crippen LogP contribution is 2.46. The lowest BCUT2D eigenvalue weighted by Gasteiger charge is -2.26. The van der Waals surface area contributed by atoms with Crippen LogP contribution in [0.4, 0.5) is 0 Å². The Morgan fingerprint density at radius 3 is 2.35 bits per heavy atom. The van der Waals surface area contributed by atoms with Crippen molar-refractivity contribution in [2.45, 2.75) is 18.9 Å². The highest BCUT2D eigenvalue weighted by Gasteiger charge is 2.48. The maximum atomic E-state index is 13.0. The second-order valence-electron chi connectivity index (χ2n) is 6.37. The monoisotopic (exact) mass is 348 g/mol. The first-order valence-electron chi connectivity index (χ1n) is 8.24. The van der Waals surface area contributed by atoms with Crippen molar-refractivity contribution in [3.8, 4) is 5.75 Å². The zero-order chi connectivity index (χ0) is 18.4. The van der Waals surface area contributed by atoms with Crippen LogP contribution in [-0.4, -0.2) is 29.6 Å². The minimum atomic E-state index is -1.07. The molecule has 1 unspecified atom stereocenters. The van der Waals surface area contributed by atoms with Gasteiger partial charge in [-0.15, -0.1) is 0 Å². The third-order valence-corrected chi connectivity index (χ3v) is 4.97. The topological polar surface area (TPSA) is 81.8 Å². The molecule has 1 aliphatic heterocycles. The number of benzene rings is 2. The van der Waals surface area contributed by atoms with Gasteiger partial charge in [0, 0.05) is 21.6 Å². The van der Waals surface area contributed by atoms with Crippen molar-refractivity contribution in [1.29, 1.82) is 0 Å². The summed E-state index contributed by atoms with van der Waals surface area (Å²) in [6.45, 7) is 1.65. The second kappa shape index (κ2) is 5.91. The smallest absolute Gasteiger partial charge is 0.261 e. The van der Waals surface area contributed by atoms with Crippen molar-refractivity contribution < 1.29 is 14.5 Å². The number of Topliss-reactive ketones (excluding diaryl/α,β-unsaturated/α-hetero) is 1. The number of methoxy groups -OCH3 is 1. The highest BCUT2D eigenvalue weighted by molar-refractivity contribution is 6.23. The van der Waals surface area contributed by atoms with E-state index in [0.29, 0.717) is 33.9 Å². The molecule has 2 aliphatic rings. The number of hydrogen-bond donors (Lipinski definition) is 0. The van der Waals surface area contributed by atoms with E-state index in [2.05, 4.69) is 4.99 Å². The predicted octanol–water partition coefficient (Wildman–Crippen LogP) is 3.51. The van der Waals surface area contributed by atoms with E-state index in [0.717, 1.165) is 5.56 Å². The summed E-state index contributed by atoms with van der Waals surface area (Å²) < 4.78 is 5.17. The maximum absolute atomic E-state index is 13.0. The first kappa shape index (κ1) is 16.2. The SMILES string of the molecule is COc1ccc([C@H]2C3=C(N=C(C)C2[N+](=O)[O-])c2ccccc2C3=O)cc1. The van der Waals surface area contributed by atoms with Gasteiger partial charge in [0.1, 0.15) is 5.75 Å². The van der Waals surface area contributed by atoms with Crippen LogP contribution in [0.5, 0.6) is 5.75 Å². The number of carbonyl (C=O) groups is 1. The number of hydrogen-bond acceptors (Lipinski definition) is 5. The molecule has 2 aromatic rings. The van der Waals surface area contributed by atoms with Gasteiger partial charge in [0.05, 0.1) is 24.4 Å². The fourth-order valence-electron chi connectivity index (χ4n) is 3.77. The Morgan fingerprint density at radius 2 is 1.73 bits per heavy atom. The van der Waals surface area contributed by atoms with Gasteiger partial charge in [0.25, 0.3) is 6.04 Å². The minimum Gasteiger partial charge on any atom is -0.497 e. The summed E-state index contributed by atoms with van der Waals surface area (Å²) in [6.07, 6.45) is 0. The molecule has 26 heavy (non-hydrogen) atoms. The van der Waals surface area contributed by atoms with E-state index in [1.165, 1.54) is 0 Å². The molecule has 1 heterocycles. The second-order valence-corrected chi connectivity index (χ2v) is 6.37. The fourth-order valence-corrected chi connectivity index (χ4v) is 3.77. The van der Waals surface area contributed by atoms with E-state index in [4.69, 9.17) is 4.74 Å². The lowest BCUT2D eigenvalue weighted by atomic mass is 9.79. The lowest BCUT2D eigenvalue weighted by Crippen LogP contribution is -2.38. The number of nitro groups is 1. The summed E-state index contributed by atoms with van der Waals surface area (Å²) in [7, 11) is 1.56. The molecule has 0 N–H and O–H groups in total. The van der Waals surface area contributed by atoms with Crippen molar-refractivity contribution in [1.82, 2.24) is 0 Å². The zero-order valence-corrected chi connectivity index (χ0v) is 14.3. The minimum absolute atomic E-state index is 0.181. The van der Waals surface area contributed by atoms with Gasteiger partial charge in [-0.2, -0.15) is 0 Å². The Kier molecular flexibility index (Phi) is 3.68. The van der Waals surface area contributed by atoms with Crippen LogP contribution in [0.3, 0.4) is 0 Å². The van der Waals surface area contributed by atoms with Crippen LogP contribution in [0.25, 0.3) is 5.70 Å². The van der Waals surface area contributed by atoms with Gasteiger partial charge in [-0.1, -0.05) is 36.4 Å². The number of carbonyl (C=O) groups excluding carboxylic acids is 1. The molecule has 0 radical (unpaired) electrons. The van der Waals surface area contributed by atoms with E-state index >= 15 is 0 Å². The number of rotatable bonds is 3. The summed E-state index contributed by atoms with van der Waals surface area (Å²) >= 11 is 0. The summed E-state index contributed by atoms with van der Waals surface area (Å²) in [6, 6.07) is 13.2. The molecule has 0 spiro atoms. The summed E-state index contributed by atoms with van der Waals surface area (Å²) in [5, 5.41) is 11.8. The lowest BCUT2D eigenvalue weighted by molar-refractivity contribution is -0.505. The fraction of sp³-hybridized carbons (Fsp3) is 0.200. The highest BCUT2D eigenvalue weighted by atomic mass is 16.6. The van der Waals surface area contributed by atoms with Crippen LogP contribution in [-0.2, 0) is 0 Å². The van der Waals surface area contributed by atoms with Crippen molar-refractivity contribution >= 4 is 17.2 Å². The first-order chi connectivity index (χ1) is 12.5. The molecule has 6 nitrogen and oxygen atoms in total. The predicted molar refractivity (Wildman–Crippen MR) is 97.3 cm³/mol. The molecule has 0 fully saturated rings. The largest absolute Gasteiger partial charge is 0.497 e. The van der Waals surface area contributed by atoms with Crippen LogP contribution in [0, 0.1) is 10.1 Å². The van der Waals surface area contributed by atoms with Gasteiger partial charge in [0.2, 0.25) is 0 Å². The Balaban J connectivity index is 1.93. The summed E-state index contributed by atoms with van der Waals surface area (Å²) in [5.74, 6) is -0.203. The van der Waals surface area contributed by atoms with Crippen molar-refractivity contribution in [3.63, 3.8) is 0 Å². The first-order valence-corrected chi connectivity index (χ1v) is 8.24. The quantitative estimate of drug-likeness (QED) is 0.628. The number of aliphatic imine (C=N–C) groups is 1. The van der Waals surface area contributed by atoms with Gasteiger partial charge in [0.15, 0.2) is 5.78 Å². The van der Waals surface area contributed by atoms with Crippen molar-refractivity contribution in [2.75, 3.05) is 7.11 Å². The third-order valence-electron chi connectivity index (χ3n) is 4.97. The molecule has 0 bridgehead atoms. The average Bonchev–Trinajstić information content (AvgIpc) is 2.93. The number of nitrogens with zero attached hydrogens (tertiary/aromatic N) is 2. The molecule has 4 rings (SSSR count). The zero-order valence-electron chi connectivity index (χ0n) is 14.3. The molecule has 0 saturated heterocycles. The number of ether oxygens (including phenoxy) is 1. The Labute approximate surface area is 150 Å². The Bertz CT molecular complexity index is 989. The van der Waals surface area contributed by atoms with E-state index in [9.17, 15) is 14.9 Å². The number of fused-ring (bicyclic) bond motifs is 2. The maximum Gasteiger partial charge on any atom is 0.261 e. The Hall–Kier alpha value is -3.28. The van der Waals surface area contributed by atoms with Crippen LogP contribution in [0.15, 0.2) is 59.1 Å². The van der Waals surface area contributed by atoms with Crippen LogP contribution in [0.1, 0.15) is 34.3 Å². The molecular weight excluding hydrogens is 332 g/mol. The Morgan fingerprint density at radius 1 is 1.08 bits per heavy atom. The molecule has 0 saturated carbocycles. The van der Waals surface area contributed by atoms with Gasteiger partial charge in [-0.3, -0.25) is 14.9 Å². The van der Waals surface area contributed by atoms with Crippen molar-refractivity contribution in [3.05, 3.63) is 80.9 Å². The van der Waals surface area contributed by atoms with Gasteiger partial charge in [-0.25, -0.2) is 4.99 Å². The average molecular weight is 348 g/mol. The third kappa shape index (κ3) is 2.26. The van der Waals surface area contributed by atoms with Gasteiger partial charge in [-0.05, 0) is 24.6 Å². The summed E-state index contributed by atoms with van der Waals surface area (Å²) in [4.78, 5) is 28.9. The van der Waals surface area contributed by atoms with Gasteiger partial charge < -0.3 is 4.74 Å². The standard InChI is InChI=1S/C20H16N2O4/c1-11-19(22(24)25)16(12-7-9-13(26-2)10-8-12)17-18(21-11)14-5-3-4-6-15(14)20(17)23/h3-10,16,19H,1-2H3/t16-,19?/m0/s1. The van der Waals surface area contributed by atoms with Crippen molar-refractivity contribution in [2.24, 2.45) is 4.99 Å². The molecule has 0 amide bonds. The van der Waals surface area contributed by atoms with Gasteiger partial charge >= 0.3 is 0 Å². The van der Waals surface area contributed by atoms with E-state index in [-0.39, 0.29) is 10.7 Å². The molecular formula is C20H16N2O4. The van der Waals surface area contributed by atoms with Crippen LogP contribution < -0.4 is 4.74 Å². The normalized spacial score (nSPS) is 21.2. The molecule has 6 heteroatoms. The van der Waals surface area contributed by atoms with E-state index < -0.39 is 12.0 Å². The molecule has 2 atom stereocenters. The van der Waals surface area contributed by atoms with Crippen LogP contribution in [0.2, 0.25) is 0 Å². The van der Waals surface area contributed by atoms with E-state index in [1.54, 1.807) is 50.4 Å².